The summed E-state index contributed by atoms with van der Waals surface area (Å²) in [5, 5.41) is 10.7. The highest BCUT2D eigenvalue weighted by Gasteiger charge is 2.19. The number of fused-ring (bicyclic) bond motifs is 1. The highest BCUT2D eigenvalue weighted by molar-refractivity contribution is 5.41. The van der Waals surface area contributed by atoms with Crippen molar-refractivity contribution in [2.24, 2.45) is 0 Å². The molecule has 0 spiro atoms. The zero-order valence-corrected chi connectivity index (χ0v) is 14.9. The molecule has 3 aromatic rings. The van der Waals surface area contributed by atoms with Gasteiger partial charge in [-0.2, -0.15) is 0 Å². The molecule has 0 bridgehead atoms. The minimum atomic E-state index is -0.743. The summed E-state index contributed by atoms with van der Waals surface area (Å²) in [6, 6.07) is 16.2. The van der Waals surface area contributed by atoms with Crippen molar-refractivity contribution in [3.05, 3.63) is 95.1 Å². The fourth-order valence-electron chi connectivity index (χ4n) is 3.37. The molecule has 1 aliphatic heterocycles. The lowest BCUT2D eigenvalue weighted by Gasteiger charge is -2.20. The van der Waals surface area contributed by atoms with Crippen molar-refractivity contribution in [2.45, 2.75) is 19.2 Å². The third-order valence-electron chi connectivity index (χ3n) is 4.81. The molecule has 2 heterocycles. The van der Waals surface area contributed by atoms with Crippen molar-refractivity contribution in [1.29, 1.82) is 0 Å². The number of nitrogens with zero attached hydrogens (tertiary/aromatic N) is 2. The van der Waals surface area contributed by atoms with Crippen LogP contribution in [0.25, 0.3) is 0 Å². The summed E-state index contributed by atoms with van der Waals surface area (Å²) in [4.78, 5) is 6.23. The molecule has 4 rings (SSSR count). The molecule has 1 unspecified atom stereocenters. The van der Waals surface area contributed by atoms with E-state index >= 15 is 0 Å². The lowest BCUT2D eigenvalue weighted by Crippen LogP contribution is -2.25. The Morgan fingerprint density at radius 3 is 2.81 bits per heavy atom. The summed E-state index contributed by atoms with van der Waals surface area (Å²) in [5.41, 5.74) is 3.20. The zero-order chi connectivity index (χ0) is 18.6. The largest absolute Gasteiger partial charge is 0.492 e. The molecule has 1 N–H and O–H groups in total. The van der Waals surface area contributed by atoms with Crippen molar-refractivity contribution in [2.75, 3.05) is 13.2 Å². The second-order valence-corrected chi connectivity index (χ2v) is 6.71. The van der Waals surface area contributed by atoms with Gasteiger partial charge in [-0.15, -0.1) is 0 Å². The molecule has 1 aliphatic rings. The van der Waals surface area contributed by atoms with E-state index in [1.54, 1.807) is 24.5 Å². The second-order valence-electron chi connectivity index (χ2n) is 6.71. The van der Waals surface area contributed by atoms with Crippen molar-refractivity contribution in [1.82, 2.24) is 9.88 Å². The van der Waals surface area contributed by atoms with Gasteiger partial charge >= 0.3 is 0 Å². The van der Waals surface area contributed by atoms with Crippen LogP contribution in [0.4, 0.5) is 4.39 Å². The molecule has 4 nitrogen and oxygen atoms in total. The van der Waals surface area contributed by atoms with Crippen molar-refractivity contribution in [3.63, 3.8) is 0 Å². The number of pyridine rings is 1. The van der Waals surface area contributed by atoms with Crippen LogP contribution in [-0.4, -0.2) is 28.1 Å². The number of halogens is 1. The summed E-state index contributed by atoms with van der Waals surface area (Å²) in [6.07, 6.45) is 2.60. The predicted octanol–water partition coefficient (Wildman–Crippen LogP) is 3.70. The SMILES string of the molecule is OC(c1cccnc1)c1ccc2c(c1)CN(Cc1ccccc1F)CCO2. The molecular weight excluding hydrogens is 343 g/mol. The van der Waals surface area contributed by atoms with Gasteiger partial charge in [-0.25, -0.2) is 4.39 Å². The Labute approximate surface area is 157 Å². The molecule has 2 aromatic carbocycles. The second kappa shape index (κ2) is 7.86. The number of hydrogen-bond donors (Lipinski definition) is 1. The highest BCUT2D eigenvalue weighted by Crippen LogP contribution is 2.29. The Bertz CT molecular complexity index is 917. The Morgan fingerprint density at radius 1 is 1.11 bits per heavy atom. The summed E-state index contributed by atoms with van der Waals surface area (Å²) >= 11 is 0. The molecule has 27 heavy (non-hydrogen) atoms. The lowest BCUT2D eigenvalue weighted by molar-refractivity contribution is 0.217. The van der Waals surface area contributed by atoms with E-state index in [0.29, 0.717) is 31.8 Å². The highest BCUT2D eigenvalue weighted by atomic mass is 19.1. The average molecular weight is 364 g/mol. The molecule has 138 valence electrons. The molecule has 0 aliphatic carbocycles. The number of hydrogen-bond acceptors (Lipinski definition) is 4. The Balaban J connectivity index is 1.57. The fourth-order valence-corrected chi connectivity index (χ4v) is 3.37. The summed E-state index contributed by atoms with van der Waals surface area (Å²) in [5.74, 6) is 0.622. The molecule has 0 radical (unpaired) electrons. The predicted molar refractivity (Wildman–Crippen MR) is 101 cm³/mol. The van der Waals surface area contributed by atoms with E-state index in [4.69, 9.17) is 4.74 Å². The Kier molecular flexibility index (Phi) is 5.14. The van der Waals surface area contributed by atoms with Gasteiger partial charge in [-0.3, -0.25) is 9.88 Å². The van der Waals surface area contributed by atoms with Crippen LogP contribution < -0.4 is 4.74 Å². The van der Waals surface area contributed by atoms with Gasteiger partial charge in [0.2, 0.25) is 0 Å². The fraction of sp³-hybridized carbons (Fsp3) is 0.227. The van der Waals surface area contributed by atoms with E-state index in [0.717, 1.165) is 22.4 Å². The van der Waals surface area contributed by atoms with Crippen LogP contribution >= 0.6 is 0 Å². The normalized spacial score (nSPS) is 15.5. The first-order valence-corrected chi connectivity index (χ1v) is 9.00. The Hall–Kier alpha value is -2.76. The van der Waals surface area contributed by atoms with E-state index in [9.17, 15) is 9.50 Å². The molecule has 0 amide bonds. The van der Waals surface area contributed by atoms with Crippen molar-refractivity contribution >= 4 is 0 Å². The van der Waals surface area contributed by atoms with Crippen LogP contribution in [0.15, 0.2) is 67.0 Å². The monoisotopic (exact) mass is 364 g/mol. The van der Waals surface area contributed by atoms with E-state index < -0.39 is 6.10 Å². The number of aliphatic hydroxyl groups excluding tert-OH is 1. The first-order chi connectivity index (χ1) is 13.2. The van der Waals surface area contributed by atoms with Crippen molar-refractivity contribution < 1.29 is 14.2 Å². The van der Waals surface area contributed by atoms with Gasteiger partial charge in [0.1, 0.15) is 24.3 Å². The van der Waals surface area contributed by atoms with Crippen LogP contribution in [0.5, 0.6) is 5.75 Å². The average Bonchev–Trinajstić information content (AvgIpc) is 2.91. The minimum absolute atomic E-state index is 0.191. The quantitative estimate of drug-likeness (QED) is 0.767. The van der Waals surface area contributed by atoms with Crippen LogP contribution in [0.3, 0.4) is 0 Å². The summed E-state index contributed by atoms with van der Waals surface area (Å²) in [6.45, 7) is 2.41. The topological polar surface area (TPSA) is 45.6 Å². The van der Waals surface area contributed by atoms with Gasteiger partial charge in [0.05, 0.1) is 0 Å². The lowest BCUT2D eigenvalue weighted by atomic mass is 10.00. The van der Waals surface area contributed by atoms with Gasteiger partial charge in [0, 0.05) is 48.7 Å². The molecule has 0 saturated heterocycles. The third kappa shape index (κ3) is 3.99. The smallest absolute Gasteiger partial charge is 0.127 e. The van der Waals surface area contributed by atoms with E-state index in [1.807, 2.05) is 36.4 Å². The third-order valence-corrected chi connectivity index (χ3v) is 4.81. The van der Waals surface area contributed by atoms with Gasteiger partial charge < -0.3 is 9.84 Å². The molecule has 1 atom stereocenters. The zero-order valence-electron chi connectivity index (χ0n) is 14.9. The van der Waals surface area contributed by atoms with Gasteiger partial charge in [-0.1, -0.05) is 30.3 Å². The number of aliphatic hydroxyl groups is 1. The standard InChI is InChI=1S/C22H21FN2O2/c23-20-6-2-1-4-18(20)14-25-10-11-27-21-8-7-16(12-19(21)15-25)22(26)17-5-3-9-24-13-17/h1-9,12-13,22,26H,10-11,14-15H2. The molecule has 0 fully saturated rings. The van der Waals surface area contributed by atoms with Crippen LogP contribution in [0.1, 0.15) is 28.4 Å². The van der Waals surface area contributed by atoms with Crippen molar-refractivity contribution in [3.8, 4) is 5.75 Å². The van der Waals surface area contributed by atoms with Gasteiger partial charge in [0.25, 0.3) is 0 Å². The van der Waals surface area contributed by atoms with E-state index in [2.05, 4.69) is 9.88 Å². The number of benzene rings is 2. The number of aromatic nitrogens is 1. The van der Waals surface area contributed by atoms with Gasteiger partial charge in [0.15, 0.2) is 0 Å². The maximum Gasteiger partial charge on any atom is 0.127 e. The Morgan fingerprint density at radius 2 is 2.00 bits per heavy atom. The maximum atomic E-state index is 14.0. The maximum absolute atomic E-state index is 14.0. The van der Waals surface area contributed by atoms with Gasteiger partial charge in [-0.05, 0) is 29.8 Å². The molecule has 1 aromatic heterocycles. The van der Waals surface area contributed by atoms with Crippen LogP contribution in [-0.2, 0) is 13.1 Å². The minimum Gasteiger partial charge on any atom is -0.492 e. The first kappa shape index (κ1) is 17.6. The van der Waals surface area contributed by atoms with E-state index in [-0.39, 0.29) is 5.82 Å². The number of rotatable bonds is 4. The van der Waals surface area contributed by atoms with Crippen LogP contribution in [0, 0.1) is 5.82 Å². The summed E-state index contributed by atoms with van der Waals surface area (Å²) < 4.78 is 19.9. The first-order valence-electron chi connectivity index (χ1n) is 9.00. The molecule has 5 heteroatoms. The number of ether oxygens (including phenoxy) is 1. The summed E-state index contributed by atoms with van der Waals surface area (Å²) in [7, 11) is 0. The molecular formula is C22H21FN2O2. The molecule has 0 saturated carbocycles. The van der Waals surface area contributed by atoms with E-state index in [1.165, 1.54) is 6.07 Å². The van der Waals surface area contributed by atoms with Crippen LogP contribution in [0.2, 0.25) is 0 Å².